The molecule has 27 heavy (non-hydrogen) atoms. The van der Waals surface area contributed by atoms with Gasteiger partial charge in [0.05, 0.1) is 22.0 Å². The van der Waals surface area contributed by atoms with Crippen LogP contribution in [-0.4, -0.2) is 34.6 Å². The molecule has 0 atom stereocenters. The van der Waals surface area contributed by atoms with Crippen LogP contribution in [0.4, 0.5) is 17.1 Å². The number of nitrogen functional groups attached to an aromatic ring is 1. The Bertz CT molecular complexity index is 895. The Morgan fingerprint density at radius 1 is 1.07 bits per heavy atom. The highest BCUT2D eigenvalue weighted by Crippen LogP contribution is 2.28. The number of rotatable bonds is 4. The van der Waals surface area contributed by atoms with Crippen LogP contribution in [0.2, 0.25) is 0 Å². The molecule has 6 nitrogen and oxygen atoms in total. The average molecular weight is 411 g/mol. The van der Waals surface area contributed by atoms with Crippen molar-refractivity contribution in [3.63, 3.8) is 0 Å². The molecule has 0 radical (unpaired) electrons. The van der Waals surface area contributed by atoms with Gasteiger partial charge in [-0.05, 0) is 62.2 Å². The summed E-state index contributed by atoms with van der Waals surface area (Å²) in [7, 11) is -3.69. The molecular formula is C19H27ClN4O2S. The van der Waals surface area contributed by atoms with E-state index in [0.29, 0.717) is 11.4 Å². The van der Waals surface area contributed by atoms with E-state index < -0.39 is 10.0 Å². The number of hydrogen-bond donors (Lipinski definition) is 3. The highest BCUT2D eigenvalue weighted by molar-refractivity contribution is 7.92. The van der Waals surface area contributed by atoms with Gasteiger partial charge in [0.2, 0.25) is 0 Å². The standard InChI is InChI=1S/C19H26N4O2S.ClH/c1-14-4-5-15(2)18(12-14)22-26(24,25)16-6-7-19(17(20)13-16)23-10-3-8-21-9-11-23;/h4-7,12-13,21-22H,3,8-11,20H2,1-2H3;1H. The van der Waals surface area contributed by atoms with Crippen LogP contribution < -0.4 is 20.7 Å². The highest BCUT2D eigenvalue weighted by Gasteiger charge is 2.19. The zero-order valence-electron chi connectivity index (χ0n) is 15.7. The molecule has 0 unspecified atom stereocenters. The van der Waals surface area contributed by atoms with Gasteiger partial charge in [0.25, 0.3) is 10.0 Å². The summed E-state index contributed by atoms with van der Waals surface area (Å²) in [4.78, 5) is 2.37. The van der Waals surface area contributed by atoms with E-state index in [9.17, 15) is 8.42 Å². The van der Waals surface area contributed by atoms with E-state index in [2.05, 4.69) is 14.9 Å². The zero-order valence-corrected chi connectivity index (χ0v) is 17.3. The number of nitrogens with one attached hydrogen (secondary N) is 2. The van der Waals surface area contributed by atoms with Gasteiger partial charge >= 0.3 is 0 Å². The first-order valence-corrected chi connectivity index (χ1v) is 10.3. The summed E-state index contributed by atoms with van der Waals surface area (Å²) >= 11 is 0. The zero-order chi connectivity index (χ0) is 18.7. The number of anilines is 3. The van der Waals surface area contributed by atoms with Crippen LogP contribution in [0.25, 0.3) is 0 Å². The van der Waals surface area contributed by atoms with Crippen molar-refractivity contribution in [2.45, 2.75) is 25.2 Å². The number of sulfonamides is 1. The molecular weight excluding hydrogens is 384 g/mol. The predicted octanol–water partition coefficient (Wildman–Crippen LogP) is 2.91. The second-order valence-electron chi connectivity index (χ2n) is 6.74. The normalized spacial score (nSPS) is 15.0. The number of halogens is 1. The molecule has 2 aromatic carbocycles. The van der Waals surface area contributed by atoms with Gasteiger partial charge in [-0.15, -0.1) is 12.4 Å². The third kappa shape index (κ3) is 5.06. The maximum atomic E-state index is 12.8. The van der Waals surface area contributed by atoms with E-state index >= 15 is 0 Å². The number of nitrogens with two attached hydrogens (primary N) is 1. The average Bonchev–Trinajstić information content (AvgIpc) is 2.87. The van der Waals surface area contributed by atoms with Crippen LogP contribution in [0, 0.1) is 13.8 Å². The van der Waals surface area contributed by atoms with Gasteiger partial charge in [0, 0.05) is 19.6 Å². The van der Waals surface area contributed by atoms with Crippen molar-refractivity contribution in [2.24, 2.45) is 0 Å². The van der Waals surface area contributed by atoms with Gasteiger partial charge in [-0.25, -0.2) is 8.42 Å². The largest absolute Gasteiger partial charge is 0.397 e. The number of nitrogens with zero attached hydrogens (tertiary/aromatic N) is 1. The van der Waals surface area contributed by atoms with E-state index in [1.807, 2.05) is 32.0 Å². The van der Waals surface area contributed by atoms with Gasteiger partial charge in [0.1, 0.15) is 0 Å². The number of hydrogen-bond acceptors (Lipinski definition) is 5. The van der Waals surface area contributed by atoms with Crippen molar-refractivity contribution in [3.8, 4) is 0 Å². The molecule has 148 valence electrons. The maximum absolute atomic E-state index is 12.8. The lowest BCUT2D eigenvalue weighted by atomic mass is 10.1. The first kappa shape index (κ1) is 21.3. The smallest absolute Gasteiger partial charge is 0.261 e. The molecule has 1 aliphatic heterocycles. The van der Waals surface area contributed by atoms with Crippen LogP contribution in [0.5, 0.6) is 0 Å². The topological polar surface area (TPSA) is 87.5 Å². The highest BCUT2D eigenvalue weighted by atomic mass is 35.5. The molecule has 1 heterocycles. The summed E-state index contributed by atoms with van der Waals surface area (Å²) in [5.74, 6) is 0. The number of aryl methyl sites for hydroxylation is 2. The molecule has 1 saturated heterocycles. The summed E-state index contributed by atoms with van der Waals surface area (Å²) in [6, 6.07) is 10.7. The fourth-order valence-electron chi connectivity index (χ4n) is 3.12. The Morgan fingerprint density at radius 2 is 1.85 bits per heavy atom. The van der Waals surface area contributed by atoms with Crippen LogP contribution >= 0.6 is 12.4 Å². The monoisotopic (exact) mass is 410 g/mol. The molecule has 0 spiro atoms. The van der Waals surface area contributed by atoms with Crippen molar-refractivity contribution in [3.05, 3.63) is 47.5 Å². The van der Waals surface area contributed by atoms with E-state index in [-0.39, 0.29) is 17.3 Å². The predicted molar refractivity (Wildman–Crippen MR) is 115 cm³/mol. The van der Waals surface area contributed by atoms with E-state index in [4.69, 9.17) is 5.73 Å². The maximum Gasteiger partial charge on any atom is 0.261 e. The second-order valence-corrected chi connectivity index (χ2v) is 8.42. The quantitative estimate of drug-likeness (QED) is 0.674. The first-order chi connectivity index (χ1) is 12.4. The molecule has 0 saturated carbocycles. The molecule has 0 aliphatic carbocycles. The molecule has 0 amide bonds. The molecule has 1 aliphatic rings. The fourth-order valence-corrected chi connectivity index (χ4v) is 4.28. The second kappa shape index (κ2) is 8.82. The van der Waals surface area contributed by atoms with Gasteiger partial charge in [0.15, 0.2) is 0 Å². The lowest BCUT2D eigenvalue weighted by molar-refractivity contribution is 0.601. The Kier molecular flexibility index (Phi) is 6.97. The minimum Gasteiger partial charge on any atom is -0.397 e. The van der Waals surface area contributed by atoms with Crippen molar-refractivity contribution < 1.29 is 8.42 Å². The van der Waals surface area contributed by atoms with Gasteiger partial charge < -0.3 is 16.0 Å². The SMILES string of the molecule is Cc1ccc(C)c(NS(=O)(=O)c2ccc(N3CCCNCC3)c(N)c2)c1.Cl. The van der Waals surface area contributed by atoms with Crippen molar-refractivity contribution in [2.75, 3.05) is 41.5 Å². The fraction of sp³-hybridized carbons (Fsp3) is 0.368. The third-order valence-electron chi connectivity index (χ3n) is 4.63. The molecule has 0 bridgehead atoms. The van der Waals surface area contributed by atoms with Crippen molar-refractivity contribution >= 4 is 39.5 Å². The molecule has 3 rings (SSSR count). The first-order valence-electron chi connectivity index (χ1n) is 8.82. The molecule has 0 aromatic heterocycles. The lowest BCUT2D eigenvalue weighted by Gasteiger charge is -2.24. The van der Waals surface area contributed by atoms with E-state index in [0.717, 1.165) is 49.4 Å². The lowest BCUT2D eigenvalue weighted by Crippen LogP contribution is -2.28. The molecule has 4 N–H and O–H groups in total. The van der Waals surface area contributed by atoms with E-state index in [1.54, 1.807) is 18.2 Å². The van der Waals surface area contributed by atoms with Crippen LogP contribution in [0.15, 0.2) is 41.3 Å². The Morgan fingerprint density at radius 3 is 2.59 bits per heavy atom. The van der Waals surface area contributed by atoms with Crippen LogP contribution in [0.3, 0.4) is 0 Å². The van der Waals surface area contributed by atoms with Gasteiger partial charge in [-0.2, -0.15) is 0 Å². The molecule has 2 aromatic rings. The summed E-state index contributed by atoms with van der Waals surface area (Å²) in [6.45, 7) is 7.46. The van der Waals surface area contributed by atoms with Crippen LogP contribution in [-0.2, 0) is 10.0 Å². The Balaban J connectivity index is 0.00000261. The van der Waals surface area contributed by atoms with Crippen LogP contribution in [0.1, 0.15) is 17.5 Å². The van der Waals surface area contributed by atoms with Crippen molar-refractivity contribution in [1.82, 2.24) is 5.32 Å². The molecule has 1 fully saturated rings. The summed E-state index contributed by atoms with van der Waals surface area (Å²) in [5, 5.41) is 3.35. The van der Waals surface area contributed by atoms with Gasteiger partial charge in [-0.1, -0.05) is 12.1 Å². The third-order valence-corrected chi connectivity index (χ3v) is 5.99. The Hall–Kier alpha value is -1.96. The summed E-state index contributed by atoms with van der Waals surface area (Å²) < 4.78 is 28.2. The van der Waals surface area contributed by atoms with Crippen molar-refractivity contribution in [1.29, 1.82) is 0 Å². The Labute approximate surface area is 167 Å². The van der Waals surface area contributed by atoms with Gasteiger partial charge in [-0.3, -0.25) is 4.72 Å². The number of benzene rings is 2. The minimum absolute atomic E-state index is 0. The summed E-state index contributed by atoms with van der Waals surface area (Å²) in [5.41, 5.74) is 10.0. The summed E-state index contributed by atoms with van der Waals surface area (Å²) in [6.07, 6.45) is 1.04. The van der Waals surface area contributed by atoms with E-state index in [1.165, 1.54) is 0 Å². The molecule has 8 heteroatoms. The minimum atomic E-state index is -3.69.